The molecule has 1 aromatic carbocycles. The van der Waals surface area contributed by atoms with Crippen LogP contribution < -0.4 is 10.2 Å². The molecular formula is C44H63FN6O12. The molecule has 0 saturated carbocycles. The smallest absolute Gasteiger partial charge is 0.414 e. The van der Waals surface area contributed by atoms with E-state index < -0.39 is 107 Å². The zero-order chi connectivity index (χ0) is 46.1. The van der Waals surface area contributed by atoms with Crippen LogP contribution in [0.2, 0.25) is 0 Å². The Hall–Kier alpha value is -4.56. The van der Waals surface area contributed by atoms with Crippen molar-refractivity contribution in [2.75, 3.05) is 32.1 Å². The van der Waals surface area contributed by atoms with Crippen molar-refractivity contribution in [2.24, 2.45) is 23.7 Å². The van der Waals surface area contributed by atoms with E-state index in [1.165, 1.54) is 37.1 Å². The van der Waals surface area contributed by atoms with Gasteiger partial charge in [0.1, 0.15) is 35.8 Å². The SMILES string of the molecule is CC[C@H]1OC(=O)[C@H](C)C(=O)[C@H](C)[C@@H](O[C@@H]2O[C@H](C)C[C@H](N(C)CCc3cn(C[C@H]4CN(c5cccc(F)c5)C(=O)O4)nn3)[C@H]2O)[C@](C)(OC)C[C@@H](C)C(=O)[C@@H](C)[C@H]2NC(=O)O[C@@]21C. The van der Waals surface area contributed by atoms with Crippen molar-refractivity contribution in [3.05, 3.63) is 42.0 Å². The summed E-state index contributed by atoms with van der Waals surface area (Å²) in [6, 6.07) is 4.45. The van der Waals surface area contributed by atoms with Crippen LogP contribution in [-0.2, 0) is 55.8 Å². The Morgan fingerprint density at radius 3 is 2.46 bits per heavy atom. The monoisotopic (exact) mass is 886 g/mol. The summed E-state index contributed by atoms with van der Waals surface area (Å²) < 4.78 is 51.6. The second-order valence-corrected chi connectivity index (χ2v) is 18.2. The molecule has 2 aromatic rings. The second-order valence-electron chi connectivity index (χ2n) is 18.2. The van der Waals surface area contributed by atoms with Gasteiger partial charge < -0.3 is 43.7 Å². The zero-order valence-corrected chi connectivity index (χ0v) is 37.8. The molecule has 6 rings (SSSR count). The number of methoxy groups -OCH3 is 1. The number of Topliss-reactive ketones (excluding diaryl/α,β-unsaturated/α-hetero) is 2. The first kappa shape index (κ1) is 47.9. The Balaban J connectivity index is 1.16. The number of hydrogen-bond acceptors (Lipinski definition) is 15. The molecular weight excluding hydrogens is 824 g/mol. The number of carbonyl (C=O) groups excluding carboxylic acids is 5. The maximum atomic E-state index is 14.3. The fourth-order valence-electron chi connectivity index (χ4n) is 9.79. The number of likely N-dealkylation sites (N-methyl/N-ethyl adjacent to an activating group) is 1. The van der Waals surface area contributed by atoms with Gasteiger partial charge in [-0.1, -0.05) is 39.0 Å². The van der Waals surface area contributed by atoms with Gasteiger partial charge in [-0.3, -0.25) is 19.3 Å². The van der Waals surface area contributed by atoms with Crippen LogP contribution in [0.5, 0.6) is 0 Å². The number of anilines is 1. The molecule has 14 atom stereocenters. The number of ketones is 2. The Bertz CT molecular complexity index is 2000. The quantitative estimate of drug-likeness (QED) is 0.187. The van der Waals surface area contributed by atoms with Gasteiger partial charge in [0.05, 0.1) is 48.3 Å². The number of fused-ring (bicyclic) bond motifs is 1. The first-order chi connectivity index (χ1) is 29.7. The van der Waals surface area contributed by atoms with Crippen molar-refractivity contribution >= 4 is 35.4 Å². The first-order valence-corrected chi connectivity index (χ1v) is 21.8. The lowest BCUT2D eigenvalue weighted by molar-refractivity contribution is -0.296. The Morgan fingerprint density at radius 1 is 1.05 bits per heavy atom. The number of benzene rings is 1. The third kappa shape index (κ3) is 10.1. The number of cyclic esters (lactones) is 2. The third-order valence-corrected chi connectivity index (χ3v) is 13.5. The highest BCUT2D eigenvalue weighted by atomic mass is 19.1. The largest absolute Gasteiger partial charge is 0.458 e. The van der Waals surface area contributed by atoms with Gasteiger partial charge in [-0.2, -0.15) is 0 Å². The van der Waals surface area contributed by atoms with Gasteiger partial charge in [0.2, 0.25) is 0 Å². The number of aromatic nitrogens is 3. The highest BCUT2D eigenvalue weighted by molar-refractivity contribution is 6.00. The van der Waals surface area contributed by atoms with Crippen LogP contribution in [0.15, 0.2) is 30.5 Å². The summed E-state index contributed by atoms with van der Waals surface area (Å²) in [6.07, 6.45) is -3.73. The van der Waals surface area contributed by atoms with Gasteiger partial charge in [0.15, 0.2) is 17.7 Å². The van der Waals surface area contributed by atoms with Gasteiger partial charge in [-0.25, -0.2) is 18.7 Å². The Labute approximate surface area is 367 Å². The van der Waals surface area contributed by atoms with E-state index in [0.29, 0.717) is 30.8 Å². The van der Waals surface area contributed by atoms with Crippen molar-refractivity contribution in [1.82, 2.24) is 25.2 Å². The average Bonchev–Trinajstić information content (AvgIpc) is 3.95. The summed E-state index contributed by atoms with van der Waals surface area (Å²) in [5, 5.41) is 23.2. The summed E-state index contributed by atoms with van der Waals surface area (Å²) in [5.74, 6) is -5.69. The van der Waals surface area contributed by atoms with Gasteiger partial charge >= 0.3 is 18.2 Å². The average molecular weight is 887 g/mol. The van der Waals surface area contributed by atoms with Gasteiger partial charge in [-0.05, 0) is 72.2 Å². The number of carbonyl (C=O) groups is 5. The lowest BCUT2D eigenvalue weighted by atomic mass is 9.73. The molecule has 4 aliphatic rings. The fourth-order valence-corrected chi connectivity index (χ4v) is 9.79. The number of hydrogen-bond donors (Lipinski definition) is 2. The number of halogens is 1. The molecule has 2 amide bonds. The predicted molar refractivity (Wildman–Crippen MR) is 223 cm³/mol. The molecule has 5 heterocycles. The second kappa shape index (κ2) is 19.3. The molecule has 1 aromatic heterocycles. The van der Waals surface area contributed by atoms with E-state index in [4.69, 9.17) is 28.4 Å². The fraction of sp³-hybridized carbons (Fsp3) is 0.705. The molecule has 19 heteroatoms. The molecule has 0 unspecified atom stereocenters. The topological polar surface area (TPSA) is 210 Å². The molecule has 4 saturated heterocycles. The van der Waals surface area contributed by atoms with Gasteiger partial charge in [-0.15, -0.1) is 5.10 Å². The van der Waals surface area contributed by atoms with Crippen molar-refractivity contribution < 1.29 is 61.9 Å². The molecule has 0 aliphatic carbocycles. The summed E-state index contributed by atoms with van der Waals surface area (Å²) in [5.41, 5.74) is -1.64. The highest BCUT2D eigenvalue weighted by Crippen LogP contribution is 2.40. The predicted octanol–water partition coefficient (Wildman–Crippen LogP) is 3.85. The molecule has 63 heavy (non-hydrogen) atoms. The van der Waals surface area contributed by atoms with Crippen molar-refractivity contribution in [2.45, 2.75) is 148 Å². The van der Waals surface area contributed by atoms with Gasteiger partial charge in [0.25, 0.3) is 0 Å². The maximum Gasteiger partial charge on any atom is 0.414 e. The first-order valence-electron chi connectivity index (χ1n) is 21.8. The third-order valence-electron chi connectivity index (χ3n) is 13.5. The normalized spacial score (nSPS) is 37.0. The van der Waals surface area contributed by atoms with Crippen LogP contribution in [0, 0.1) is 29.5 Å². The van der Waals surface area contributed by atoms with Crippen LogP contribution >= 0.6 is 0 Å². The molecule has 348 valence electrons. The van der Waals surface area contributed by atoms with E-state index >= 15 is 0 Å². The minimum Gasteiger partial charge on any atom is -0.458 e. The maximum absolute atomic E-state index is 14.3. The number of amides is 2. The summed E-state index contributed by atoms with van der Waals surface area (Å²) in [4.78, 5) is 70.8. The standard InChI is InChI=1S/C44H63FN6O12/c1-11-33-44(8)37(46-41(56)63-44)25(4)34(52)23(2)19-43(7,58-10)38(26(5)35(53)27(6)39(55)61-33)62-40-36(54)32(17-24(3)59-40)49(9)16-15-29-20-50(48-47-29)21-31-22-51(42(57)60-31)30-14-12-13-28(45)18-30/h12-14,18,20,23-27,31-33,36-38,40,54H,11,15-17,19,21-22H2,1-10H3,(H,46,56)/t23-,24-,25-,26+,27-,31+,32+,33-,36-,37-,38-,40+,43-,44-/m1/s1. The lowest BCUT2D eigenvalue weighted by Gasteiger charge is -2.47. The molecule has 18 nitrogen and oxygen atoms in total. The number of rotatable bonds is 11. The van der Waals surface area contributed by atoms with E-state index in [1.54, 1.807) is 58.5 Å². The molecule has 2 N–H and O–H groups in total. The Morgan fingerprint density at radius 2 is 1.78 bits per heavy atom. The molecule has 0 spiro atoms. The zero-order valence-electron chi connectivity index (χ0n) is 37.8. The van der Waals surface area contributed by atoms with Gasteiger partial charge in [0, 0.05) is 50.1 Å². The van der Waals surface area contributed by atoms with Crippen LogP contribution in [0.4, 0.5) is 19.7 Å². The number of esters is 1. The minimum atomic E-state index is -1.39. The number of nitrogens with one attached hydrogen (secondary N) is 1. The number of aliphatic hydroxyl groups is 1. The summed E-state index contributed by atoms with van der Waals surface area (Å²) in [6.45, 7) is 14.5. The van der Waals surface area contributed by atoms with Crippen LogP contribution in [0.25, 0.3) is 0 Å². The molecule has 4 fully saturated rings. The van der Waals surface area contributed by atoms with Crippen LogP contribution in [0.1, 0.15) is 80.3 Å². The number of aliphatic hydroxyl groups excluding tert-OH is 1. The molecule has 4 aliphatic heterocycles. The number of ether oxygens (including phenoxy) is 6. The van der Waals surface area contributed by atoms with E-state index in [0.717, 1.165) is 0 Å². The molecule has 0 bridgehead atoms. The summed E-state index contributed by atoms with van der Waals surface area (Å²) in [7, 11) is 3.33. The van der Waals surface area contributed by atoms with E-state index in [1.807, 2.05) is 18.9 Å². The van der Waals surface area contributed by atoms with E-state index in [2.05, 4.69) is 15.6 Å². The summed E-state index contributed by atoms with van der Waals surface area (Å²) >= 11 is 0. The number of nitrogens with zero attached hydrogens (tertiary/aromatic N) is 5. The van der Waals surface area contributed by atoms with Crippen molar-refractivity contribution in [1.29, 1.82) is 0 Å². The highest BCUT2D eigenvalue weighted by Gasteiger charge is 2.57. The van der Waals surface area contributed by atoms with Crippen LogP contribution in [0.3, 0.4) is 0 Å². The van der Waals surface area contributed by atoms with Crippen molar-refractivity contribution in [3.8, 4) is 0 Å². The van der Waals surface area contributed by atoms with Crippen molar-refractivity contribution in [3.63, 3.8) is 0 Å². The number of alkyl carbamates (subject to hydrolysis) is 1. The minimum absolute atomic E-state index is 0.0834. The van der Waals surface area contributed by atoms with Crippen LogP contribution in [-0.4, -0.2) is 142 Å². The Kier molecular flexibility index (Phi) is 14.7. The van der Waals surface area contributed by atoms with E-state index in [9.17, 15) is 33.5 Å². The lowest BCUT2D eigenvalue weighted by Crippen LogP contribution is -2.60. The van der Waals surface area contributed by atoms with E-state index in [-0.39, 0.29) is 37.8 Å². The molecule has 0 radical (unpaired) electrons.